The Hall–Kier alpha value is -3.22. The Morgan fingerprint density at radius 1 is 1.22 bits per heavy atom. The van der Waals surface area contributed by atoms with Crippen LogP contribution in [0, 0.1) is 0 Å². The largest absolute Gasteiger partial charge is 0.354 e. The van der Waals surface area contributed by atoms with E-state index in [1.54, 1.807) is 6.20 Å². The molecule has 0 aromatic carbocycles. The molecule has 0 atom stereocenters. The number of hydrogen-bond acceptors (Lipinski definition) is 5. The topological polar surface area (TPSA) is 84.3 Å². The number of fused-ring (bicyclic) bond motifs is 1. The van der Waals surface area contributed by atoms with Crippen LogP contribution in [0.3, 0.4) is 0 Å². The first-order chi connectivity index (χ1) is 13.2. The minimum atomic E-state index is 0.251. The van der Waals surface area contributed by atoms with Gasteiger partial charge in [-0.25, -0.2) is 15.0 Å². The molecule has 0 saturated carbocycles. The van der Waals surface area contributed by atoms with Crippen LogP contribution in [0.4, 0.5) is 5.95 Å². The van der Waals surface area contributed by atoms with Gasteiger partial charge in [0.25, 0.3) is 0 Å². The third-order valence-corrected chi connectivity index (χ3v) is 4.40. The number of hydrogen-bond donors (Lipinski definition) is 2. The highest BCUT2D eigenvalue weighted by Gasteiger charge is 2.17. The van der Waals surface area contributed by atoms with Gasteiger partial charge < -0.3 is 10.3 Å². The highest BCUT2D eigenvalue weighted by molar-refractivity contribution is 5.85. The molecule has 4 aromatic rings. The maximum Gasteiger partial charge on any atom is 0.223 e. The molecule has 7 nitrogen and oxygen atoms in total. The van der Waals surface area contributed by atoms with Gasteiger partial charge in [0, 0.05) is 53.9 Å². The predicted octanol–water partition coefficient (Wildman–Crippen LogP) is 4.29. The molecular formula is C20H23N7. The minimum Gasteiger partial charge on any atom is -0.354 e. The number of aromatic nitrogens is 6. The molecule has 0 radical (unpaired) electrons. The monoisotopic (exact) mass is 361 g/mol. The summed E-state index contributed by atoms with van der Waals surface area (Å²) in [6.07, 6.45) is 8.60. The normalized spacial score (nSPS) is 11.4. The van der Waals surface area contributed by atoms with Crippen molar-refractivity contribution in [3.05, 3.63) is 43.0 Å². The summed E-state index contributed by atoms with van der Waals surface area (Å²) in [4.78, 5) is 16.6. The van der Waals surface area contributed by atoms with E-state index >= 15 is 0 Å². The van der Waals surface area contributed by atoms with Crippen molar-refractivity contribution in [1.82, 2.24) is 29.7 Å². The molecule has 0 aliphatic carbocycles. The van der Waals surface area contributed by atoms with Gasteiger partial charge >= 0.3 is 0 Å². The molecule has 0 bridgehead atoms. The zero-order valence-electron chi connectivity index (χ0n) is 15.8. The van der Waals surface area contributed by atoms with Crippen LogP contribution in [0.2, 0.25) is 0 Å². The van der Waals surface area contributed by atoms with Crippen LogP contribution in [0.5, 0.6) is 0 Å². The van der Waals surface area contributed by atoms with Gasteiger partial charge in [-0.15, -0.1) is 0 Å². The van der Waals surface area contributed by atoms with E-state index in [1.807, 2.05) is 35.4 Å². The van der Waals surface area contributed by atoms with Crippen molar-refractivity contribution in [3.8, 4) is 22.5 Å². The van der Waals surface area contributed by atoms with E-state index in [9.17, 15) is 0 Å². The average molecular weight is 361 g/mol. The first-order valence-corrected chi connectivity index (χ1v) is 9.25. The van der Waals surface area contributed by atoms with Crippen LogP contribution in [0.25, 0.3) is 33.5 Å². The van der Waals surface area contributed by atoms with E-state index in [0.717, 1.165) is 46.5 Å². The SMILES string of the molecule is CCCNc1nccc(-c2cn(C(C)C)nc2-c2cnc3[nH]ccc3c2)n1. The molecule has 2 N–H and O–H groups in total. The Labute approximate surface area is 157 Å². The average Bonchev–Trinajstić information content (AvgIpc) is 3.33. The van der Waals surface area contributed by atoms with Gasteiger partial charge in [0.2, 0.25) is 5.95 Å². The Bertz CT molecular complexity index is 1060. The summed E-state index contributed by atoms with van der Waals surface area (Å²) in [6.45, 7) is 7.19. The van der Waals surface area contributed by atoms with Crippen LogP contribution in [0.15, 0.2) is 43.0 Å². The molecule has 7 heteroatoms. The van der Waals surface area contributed by atoms with Crippen LogP contribution in [-0.2, 0) is 0 Å². The summed E-state index contributed by atoms with van der Waals surface area (Å²) in [5.41, 5.74) is 4.54. The molecule has 0 fully saturated rings. The Morgan fingerprint density at radius 2 is 2.11 bits per heavy atom. The number of aromatic amines is 1. The molecule has 0 unspecified atom stereocenters. The van der Waals surface area contributed by atoms with Crippen molar-refractivity contribution >= 4 is 17.0 Å². The van der Waals surface area contributed by atoms with E-state index in [-0.39, 0.29) is 6.04 Å². The van der Waals surface area contributed by atoms with Gasteiger partial charge in [0.1, 0.15) is 11.3 Å². The second-order valence-corrected chi connectivity index (χ2v) is 6.80. The van der Waals surface area contributed by atoms with Crippen molar-refractivity contribution in [1.29, 1.82) is 0 Å². The molecule has 4 heterocycles. The number of anilines is 1. The number of pyridine rings is 1. The van der Waals surface area contributed by atoms with Gasteiger partial charge in [-0.05, 0) is 38.5 Å². The van der Waals surface area contributed by atoms with Crippen LogP contribution >= 0.6 is 0 Å². The lowest BCUT2D eigenvalue weighted by molar-refractivity contribution is 0.534. The van der Waals surface area contributed by atoms with Gasteiger partial charge in [0.15, 0.2) is 0 Å². The molecule has 138 valence electrons. The highest BCUT2D eigenvalue weighted by atomic mass is 15.3. The Kier molecular flexibility index (Phi) is 4.58. The molecule has 0 aliphatic heterocycles. The van der Waals surface area contributed by atoms with Crippen LogP contribution < -0.4 is 5.32 Å². The summed E-state index contributed by atoms with van der Waals surface area (Å²) >= 11 is 0. The van der Waals surface area contributed by atoms with Gasteiger partial charge in [-0.1, -0.05) is 6.92 Å². The lowest BCUT2D eigenvalue weighted by Crippen LogP contribution is -2.04. The fourth-order valence-electron chi connectivity index (χ4n) is 2.96. The number of H-pyrrole nitrogens is 1. The minimum absolute atomic E-state index is 0.251. The van der Waals surface area contributed by atoms with E-state index in [2.05, 4.69) is 52.1 Å². The van der Waals surface area contributed by atoms with Gasteiger partial charge in [-0.2, -0.15) is 5.10 Å². The molecule has 4 aromatic heterocycles. The summed E-state index contributed by atoms with van der Waals surface area (Å²) < 4.78 is 1.97. The predicted molar refractivity (Wildman–Crippen MR) is 108 cm³/mol. The zero-order valence-corrected chi connectivity index (χ0v) is 15.8. The van der Waals surface area contributed by atoms with E-state index in [1.165, 1.54) is 0 Å². The summed E-state index contributed by atoms with van der Waals surface area (Å²) in [5.74, 6) is 0.636. The lowest BCUT2D eigenvalue weighted by atomic mass is 10.1. The molecule has 0 saturated heterocycles. The third kappa shape index (κ3) is 3.40. The summed E-state index contributed by atoms with van der Waals surface area (Å²) in [6, 6.07) is 6.29. The first kappa shape index (κ1) is 17.2. The van der Waals surface area contributed by atoms with Crippen LogP contribution in [-0.4, -0.2) is 36.3 Å². The van der Waals surface area contributed by atoms with Crippen LogP contribution in [0.1, 0.15) is 33.2 Å². The maximum atomic E-state index is 4.82. The van der Waals surface area contributed by atoms with Crippen molar-refractivity contribution in [2.75, 3.05) is 11.9 Å². The highest BCUT2D eigenvalue weighted by Crippen LogP contribution is 2.32. The zero-order chi connectivity index (χ0) is 18.8. The first-order valence-electron chi connectivity index (χ1n) is 9.25. The molecule has 4 rings (SSSR count). The van der Waals surface area contributed by atoms with Crippen molar-refractivity contribution in [3.63, 3.8) is 0 Å². The fraction of sp³-hybridized carbons (Fsp3) is 0.300. The second-order valence-electron chi connectivity index (χ2n) is 6.80. The summed E-state index contributed by atoms with van der Waals surface area (Å²) in [7, 11) is 0. The molecule has 0 aliphatic rings. The second kappa shape index (κ2) is 7.19. The Morgan fingerprint density at radius 3 is 2.93 bits per heavy atom. The third-order valence-electron chi connectivity index (χ3n) is 4.40. The van der Waals surface area contributed by atoms with Crippen molar-refractivity contribution < 1.29 is 0 Å². The molecular weight excluding hydrogens is 338 g/mol. The van der Waals surface area contributed by atoms with Gasteiger partial charge in [-0.3, -0.25) is 4.68 Å². The standard InChI is InChI=1S/C20H23N7/c1-4-7-22-20-23-9-6-17(25-20)16-12-27(13(2)3)26-18(16)15-10-14-5-8-21-19(14)24-11-15/h5-6,8-13H,4,7H2,1-3H3,(H,21,24)(H,22,23,25). The van der Waals surface area contributed by atoms with E-state index in [4.69, 9.17) is 5.10 Å². The fourth-order valence-corrected chi connectivity index (χ4v) is 2.96. The number of nitrogens with zero attached hydrogens (tertiary/aromatic N) is 5. The van der Waals surface area contributed by atoms with Gasteiger partial charge in [0.05, 0.1) is 5.69 Å². The number of rotatable bonds is 6. The summed E-state index contributed by atoms with van der Waals surface area (Å²) in [5, 5.41) is 9.13. The molecule has 0 spiro atoms. The molecule has 0 amide bonds. The quantitative estimate of drug-likeness (QED) is 0.535. The molecule has 27 heavy (non-hydrogen) atoms. The smallest absolute Gasteiger partial charge is 0.223 e. The number of nitrogens with one attached hydrogen (secondary N) is 2. The maximum absolute atomic E-state index is 4.82. The van der Waals surface area contributed by atoms with Crippen molar-refractivity contribution in [2.45, 2.75) is 33.2 Å². The van der Waals surface area contributed by atoms with Crippen molar-refractivity contribution in [2.24, 2.45) is 0 Å². The Balaban J connectivity index is 1.82. The van der Waals surface area contributed by atoms with E-state index in [0.29, 0.717) is 5.95 Å². The van der Waals surface area contributed by atoms with E-state index < -0.39 is 0 Å². The lowest BCUT2D eigenvalue weighted by Gasteiger charge is -2.06.